The lowest BCUT2D eigenvalue weighted by Crippen LogP contribution is -2.28. The second-order valence-corrected chi connectivity index (χ2v) is 4.85. The second-order valence-electron chi connectivity index (χ2n) is 3.94. The summed E-state index contributed by atoms with van der Waals surface area (Å²) in [6, 6.07) is 4.03. The lowest BCUT2D eigenvalue weighted by Gasteiger charge is -2.21. The third-order valence-corrected chi connectivity index (χ3v) is 3.48. The first-order chi connectivity index (χ1) is 8.08. The lowest BCUT2D eigenvalue weighted by molar-refractivity contribution is 0.0700. The molecule has 1 N–H and O–H groups in total. The van der Waals surface area contributed by atoms with Gasteiger partial charge in [-0.3, -0.25) is 4.90 Å². The molecule has 0 fully saturated rings. The molecule has 1 heterocycles. The minimum Gasteiger partial charge on any atom is -0.477 e. The molecular weight excluding hydrogens is 236 g/mol. The molecule has 1 rings (SSSR count). The van der Waals surface area contributed by atoms with Gasteiger partial charge < -0.3 is 5.11 Å². The molecule has 0 saturated carbocycles. The van der Waals surface area contributed by atoms with Gasteiger partial charge in [-0.05, 0) is 30.5 Å². The number of hydrogen-bond acceptors (Lipinski definition) is 4. The number of carboxylic acids is 1. The van der Waals surface area contributed by atoms with E-state index in [0.29, 0.717) is 18.0 Å². The smallest absolute Gasteiger partial charge is 0.346 e. The summed E-state index contributed by atoms with van der Waals surface area (Å²) in [7, 11) is 0. The fourth-order valence-electron chi connectivity index (χ4n) is 1.62. The maximum Gasteiger partial charge on any atom is 0.346 e. The van der Waals surface area contributed by atoms with Crippen LogP contribution in [0.1, 0.15) is 29.1 Å². The summed E-state index contributed by atoms with van der Waals surface area (Å²) in [6.45, 7) is 5.95. The lowest BCUT2D eigenvalue weighted by atomic mass is 10.1. The van der Waals surface area contributed by atoms with Crippen molar-refractivity contribution in [2.75, 3.05) is 13.1 Å². The van der Waals surface area contributed by atoms with Crippen LogP contribution in [0.5, 0.6) is 0 Å². The largest absolute Gasteiger partial charge is 0.477 e. The molecule has 0 radical (unpaired) electrons. The highest BCUT2D eigenvalue weighted by Crippen LogP contribution is 2.19. The third-order valence-electron chi connectivity index (χ3n) is 2.53. The van der Waals surface area contributed by atoms with Crippen LogP contribution in [0.25, 0.3) is 0 Å². The predicted molar refractivity (Wildman–Crippen MR) is 67.0 cm³/mol. The van der Waals surface area contributed by atoms with Crippen molar-refractivity contribution < 1.29 is 9.90 Å². The predicted octanol–water partition coefficient (Wildman–Crippen LogP) is 2.43. The Balaban J connectivity index is 2.71. The normalized spacial score (nSPS) is 12.4. The van der Waals surface area contributed by atoms with Gasteiger partial charge in [-0.2, -0.15) is 5.26 Å². The Morgan fingerprint density at radius 1 is 1.71 bits per heavy atom. The number of aromatic carboxylic acids is 1. The van der Waals surface area contributed by atoms with Gasteiger partial charge in [0.25, 0.3) is 0 Å². The van der Waals surface area contributed by atoms with E-state index in [1.165, 1.54) is 11.3 Å². The monoisotopic (exact) mass is 252 g/mol. The summed E-state index contributed by atoms with van der Waals surface area (Å²) in [5.41, 5.74) is 0.828. The van der Waals surface area contributed by atoms with Gasteiger partial charge in [0.2, 0.25) is 0 Å². The van der Waals surface area contributed by atoms with E-state index in [0.717, 1.165) is 12.1 Å². The van der Waals surface area contributed by atoms with Crippen molar-refractivity contribution in [1.82, 2.24) is 4.90 Å². The average Bonchev–Trinajstić information content (AvgIpc) is 2.76. The molecule has 1 unspecified atom stereocenters. The first kappa shape index (κ1) is 13.7. The van der Waals surface area contributed by atoms with E-state index in [-0.39, 0.29) is 5.92 Å². The molecule has 0 aliphatic rings. The standard InChI is InChI=1S/C12H16N2O2S/c1-3-14(7-9(2)6-13)8-10-4-5-17-11(10)12(15)16/h4-5,9H,3,7-8H2,1-2H3,(H,15,16). The Morgan fingerprint density at radius 3 is 2.94 bits per heavy atom. The van der Waals surface area contributed by atoms with Gasteiger partial charge in [0, 0.05) is 13.1 Å². The van der Waals surface area contributed by atoms with Crippen molar-refractivity contribution in [3.63, 3.8) is 0 Å². The molecule has 0 spiro atoms. The molecule has 1 aromatic heterocycles. The number of carboxylic acid groups (broad SMARTS) is 1. The van der Waals surface area contributed by atoms with E-state index in [2.05, 4.69) is 11.0 Å². The summed E-state index contributed by atoms with van der Waals surface area (Å²) >= 11 is 1.24. The minimum absolute atomic E-state index is 0.0399. The van der Waals surface area contributed by atoms with E-state index < -0.39 is 5.97 Å². The SMILES string of the molecule is CCN(Cc1ccsc1C(=O)O)CC(C)C#N. The molecule has 0 saturated heterocycles. The van der Waals surface area contributed by atoms with Crippen molar-refractivity contribution in [3.8, 4) is 6.07 Å². The summed E-state index contributed by atoms with van der Waals surface area (Å²) in [6.07, 6.45) is 0. The third kappa shape index (κ3) is 3.84. The van der Waals surface area contributed by atoms with E-state index in [1.807, 2.05) is 19.9 Å². The zero-order valence-corrected chi connectivity index (χ0v) is 10.8. The molecule has 92 valence electrons. The fourth-order valence-corrected chi connectivity index (χ4v) is 2.38. The van der Waals surface area contributed by atoms with Crippen LogP contribution in [0, 0.1) is 17.2 Å². The Morgan fingerprint density at radius 2 is 2.41 bits per heavy atom. The van der Waals surface area contributed by atoms with Crippen molar-refractivity contribution in [3.05, 3.63) is 21.9 Å². The van der Waals surface area contributed by atoms with E-state index in [1.54, 1.807) is 5.38 Å². The van der Waals surface area contributed by atoms with Crippen LogP contribution in [0.15, 0.2) is 11.4 Å². The summed E-state index contributed by atoms with van der Waals surface area (Å²) < 4.78 is 0. The number of nitriles is 1. The average molecular weight is 252 g/mol. The molecule has 1 aromatic rings. The number of carbonyl (C=O) groups is 1. The zero-order chi connectivity index (χ0) is 12.8. The van der Waals surface area contributed by atoms with Crippen molar-refractivity contribution >= 4 is 17.3 Å². The van der Waals surface area contributed by atoms with Crippen molar-refractivity contribution in [2.24, 2.45) is 5.92 Å². The first-order valence-corrected chi connectivity index (χ1v) is 6.38. The van der Waals surface area contributed by atoms with Gasteiger partial charge >= 0.3 is 5.97 Å². The van der Waals surface area contributed by atoms with Gasteiger partial charge in [0.1, 0.15) is 4.88 Å². The molecule has 0 aromatic carbocycles. The highest BCUT2D eigenvalue weighted by atomic mass is 32.1. The van der Waals surface area contributed by atoms with Gasteiger partial charge in [0.05, 0.1) is 12.0 Å². The fraction of sp³-hybridized carbons (Fsp3) is 0.500. The van der Waals surface area contributed by atoms with Crippen LogP contribution in [-0.4, -0.2) is 29.1 Å². The Kier molecular flexibility index (Phi) is 5.13. The van der Waals surface area contributed by atoms with Crippen LogP contribution in [0.2, 0.25) is 0 Å². The van der Waals surface area contributed by atoms with Gasteiger partial charge in [0.15, 0.2) is 0 Å². The maximum atomic E-state index is 11.0. The van der Waals surface area contributed by atoms with Gasteiger partial charge in [-0.25, -0.2) is 4.79 Å². The molecule has 0 aliphatic carbocycles. The maximum absolute atomic E-state index is 11.0. The summed E-state index contributed by atoms with van der Waals surface area (Å²) in [5.74, 6) is -0.916. The summed E-state index contributed by atoms with van der Waals surface area (Å²) in [4.78, 5) is 13.5. The molecule has 0 amide bonds. The van der Waals surface area contributed by atoms with Crippen LogP contribution >= 0.6 is 11.3 Å². The Hall–Kier alpha value is -1.38. The van der Waals surface area contributed by atoms with Crippen molar-refractivity contribution in [2.45, 2.75) is 20.4 Å². The number of hydrogen-bond donors (Lipinski definition) is 1. The van der Waals surface area contributed by atoms with Crippen LogP contribution in [-0.2, 0) is 6.54 Å². The number of thiophene rings is 1. The van der Waals surface area contributed by atoms with E-state index in [4.69, 9.17) is 10.4 Å². The van der Waals surface area contributed by atoms with Crippen LogP contribution < -0.4 is 0 Å². The molecule has 0 bridgehead atoms. The van der Waals surface area contributed by atoms with Crippen LogP contribution in [0.4, 0.5) is 0 Å². The molecular formula is C12H16N2O2S. The molecule has 4 nitrogen and oxygen atoms in total. The topological polar surface area (TPSA) is 64.3 Å². The number of nitrogens with zero attached hydrogens (tertiary/aromatic N) is 2. The van der Waals surface area contributed by atoms with E-state index in [9.17, 15) is 4.79 Å². The highest BCUT2D eigenvalue weighted by Gasteiger charge is 2.15. The zero-order valence-electron chi connectivity index (χ0n) is 10.0. The first-order valence-electron chi connectivity index (χ1n) is 5.50. The summed E-state index contributed by atoms with van der Waals surface area (Å²) in [5, 5.41) is 19.6. The molecule has 0 aliphatic heterocycles. The van der Waals surface area contributed by atoms with E-state index >= 15 is 0 Å². The molecule has 5 heteroatoms. The highest BCUT2D eigenvalue weighted by molar-refractivity contribution is 7.12. The Bertz CT molecular complexity index is 422. The minimum atomic E-state index is -0.876. The van der Waals surface area contributed by atoms with Crippen molar-refractivity contribution in [1.29, 1.82) is 5.26 Å². The molecule has 17 heavy (non-hydrogen) atoms. The quantitative estimate of drug-likeness (QED) is 0.844. The second kappa shape index (κ2) is 6.38. The van der Waals surface area contributed by atoms with Gasteiger partial charge in [-0.1, -0.05) is 6.92 Å². The molecule has 1 atom stereocenters. The number of rotatable bonds is 6. The van der Waals surface area contributed by atoms with Gasteiger partial charge in [-0.15, -0.1) is 11.3 Å². The Labute approximate surface area is 105 Å². The van der Waals surface area contributed by atoms with Crippen LogP contribution in [0.3, 0.4) is 0 Å².